The predicted octanol–water partition coefficient (Wildman–Crippen LogP) is 0.0501. The second-order valence-electron chi connectivity index (χ2n) is 0.833. The van der Waals surface area contributed by atoms with Crippen LogP contribution in [-0.2, 0) is 9.59 Å². The van der Waals surface area contributed by atoms with Gasteiger partial charge in [-0.1, -0.05) is 0 Å². The maximum Gasteiger partial charge on any atom is 0.303 e. The Morgan fingerprint density at radius 3 is 2.71 bits per heavy atom. The van der Waals surface area contributed by atoms with Gasteiger partial charge in [0.1, 0.15) is 6.29 Å². The number of hydrogen-bond donors (Lipinski definition) is 1. The molecule has 0 aliphatic heterocycles. The van der Waals surface area contributed by atoms with Gasteiger partial charge >= 0.3 is 5.97 Å². The minimum Gasteiger partial charge on any atom is -0.481 e. The average Bonchev–Trinajstić information content (AvgIpc) is 1.84. The van der Waals surface area contributed by atoms with E-state index in [1.807, 2.05) is 0 Å². The van der Waals surface area contributed by atoms with Crippen LogP contribution in [0.25, 0.3) is 0 Å². The highest BCUT2D eigenvalue weighted by Crippen LogP contribution is 1.80. The topological polar surface area (TPSA) is 54.4 Å². The van der Waals surface area contributed by atoms with Crippen LogP contribution in [0.5, 0.6) is 0 Å². The van der Waals surface area contributed by atoms with Crippen LogP contribution in [0.2, 0.25) is 0 Å². The summed E-state index contributed by atoms with van der Waals surface area (Å²) in [6, 6.07) is 0. The van der Waals surface area contributed by atoms with E-state index in [2.05, 4.69) is 0 Å². The van der Waals surface area contributed by atoms with Crippen LogP contribution in [0.15, 0.2) is 0 Å². The van der Waals surface area contributed by atoms with E-state index < -0.39 is 18.8 Å². The minimum absolute atomic E-state index is 0.131. The van der Waals surface area contributed by atoms with Crippen LogP contribution in [0, 0.1) is 0 Å². The first-order valence-electron chi connectivity index (χ1n) is 2.77. The van der Waals surface area contributed by atoms with Crippen LogP contribution in [-0.4, -0.2) is 17.4 Å². The molecule has 7 heavy (non-hydrogen) atoms. The second-order valence-corrected chi connectivity index (χ2v) is 0.833. The Kier molecular flexibility index (Phi) is 1.52. The molecule has 3 nitrogen and oxygen atoms in total. The third kappa shape index (κ3) is 5.14. The SMILES string of the molecule is [2H]C(C=O)C([2H])C(=O)O. The number of carboxylic acids is 1. The molecule has 0 heterocycles. The fourth-order valence-electron chi connectivity index (χ4n) is 0.122. The molecule has 0 fully saturated rings. The summed E-state index contributed by atoms with van der Waals surface area (Å²) in [5.41, 5.74) is 0. The Morgan fingerprint density at radius 2 is 2.57 bits per heavy atom. The minimum atomic E-state index is -1.65. The lowest BCUT2D eigenvalue weighted by Gasteiger charge is -1.79. The molecule has 0 saturated heterocycles. The van der Waals surface area contributed by atoms with E-state index in [1.54, 1.807) is 0 Å². The summed E-state index contributed by atoms with van der Waals surface area (Å²) in [4.78, 5) is 19.5. The quantitative estimate of drug-likeness (QED) is 0.515. The summed E-state index contributed by atoms with van der Waals surface area (Å²) in [7, 11) is 0. The van der Waals surface area contributed by atoms with E-state index in [9.17, 15) is 9.59 Å². The molecule has 0 aromatic rings. The predicted molar refractivity (Wildman–Crippen MR) is 22.9 cm³/mol. The van der Waals surface area contributed by atoms with Crippen molar-refractivity contribution >= 4 is 12.3 Å². The van der Waals surface area contributed by atoms with Gasteiger partial charge in [0, 0.05) is 9.14 Å². The number of carbonyl (C=O) groups is 2. The van der Waals surface area contributed by atoms with E-state index in [4.69, 9.17) is 7.85 Å². The van der Waals surface area contributed by atoms with Crippen molar-refractivity contribution in [3.8, 4) is 0 Å². The number of carboxylic acid groups (broad SMARTS) is 1. The molecule has 0 aliphatic carbocycles. The Balaban J connectivity index is 3.86. The zero-order valence-electron chi connectivity index (χ0n) is 5.50. The molecule has 3 heteroatoms. The molecule has 0 bridgehead atoms. The first-order chi connectivity index (χ1) is 4.09. The number of carbonyl (C=O) groups excluding carboxylic acids is 1. The van der Waals surface area contributed by atoms with E-state index in [0.29, 0.717) is 0 Å². The van der Waals surface area contributed by atoms with Crippen LogP contribution < -0.4 is 0 Å². The van der Waals surface area contributed by atoms with Crippen molar-refractivity contribution in [1.82, 2.24) is 0 Å². The van der Waals surface area contributed by atoms with Gasteiger partial charge in [0.2, 0.25) is 0 Å². The summed E-state index contributed by atoms with van der Waals surface area (Å²) < 4.78 is 13.2. The van der Waals surface area contributed by atoms with Crippen LogP contribution in [0.3, 0.4) is 0 Å². The van der Waals surface area contributed by atoms with E-state index in [1.165, 1.54) is 0 Å². The summed E-state index contributed by atoms with van der Waals surface area (Å²) >= 11 is 0. The first-order valence-corrected chi connectivity index (χ1v) is 1.62. The van der Waals surface area contributed by atoms with Gasteiger partial charge < -0.3 is 9.90 Å². The monoisotopic (exact) mass is 104 g/mol. The van der Waals surface area contributed by atoms with Gasteiger partial charge in [-0.15, -0.1) is 0 Å². The molecule has 0 radical (unpaired) electrons. The van der Waals surface area contributed by atoms with Gasteiger partial charge in [-0.25, -0.2) is 0 Å². The normalized spacial score (nSPS) is 21.1. The van der Waals surface area contributed by atoms with Gasteiger partial charge in [0.15, 0.2) is 0 Å². The fourth-order valence-corrected chi connectivity index (χ4v) is 0.122. The van der Waals surface area contributed by atoms with Gasteiger partial charge in [0.25, 0.3) is 0 Å². The molecule has 0 rings (SSSR count). The molecule has 0 spiro atoms. The van der Waals surface area contributed by atoms with Crippen LogP contribution in [0.4, 0.5) is 0 Å². The van der Waals surface area contributed by atoms with Crippen molar-refractivity contribution in [3.05, 3.63) is 0 Å². The molecule has 0 aromatic heterocycles. The maximum atomic E-state index is 9.83. The molecule has 1 N–H and O–H groups in total. The third-order valence-electron chi connectivity index (χ3n) is 0.317. The van der Waals surface area contributed by atoms with Gasteiger partial charge in [0.05, 0.1) is 6.40 Å². The fraction of sp³-hybridized carbons (Fsp3) is 0.500. The number of hydrogen-bond acceptors (Lipinski definition) is 2. The van der Waals surface area contributed by atoms with Crippen molar-refractivity contribution in [1.29, 1.82) is 0 Å². The van der Waals surface area contributed by atoms with Gasteiger partial charge in [-0.2, -0.15) is 0 Å². The lowest BCUT2D eigenvalue weighted by atomic mass is 10.3. The third-order valence-corrected chi connectivity index (χ3v) is 0.317. The highest BCUT2D eigenvalue weighted by Gasteiger charge is 1.91. The van der Waals surface area contributed by atoms with Crippen LogP contribution >= 0.6 is 0 Å². The van der Waals surface area contributed by atoms with Crippen molar-refractivity contribution in [2.24, 2.45) is 0 Å². The smallest absolute Gasteiger partial charge is 0.303 e. The van der Waals surface area contributed by atoms with Gasteiger partial charge in [-0.05, 0) is 0 Å². The lowest BCUT2D eigenvalue weighted by Crippen LogP contribution is -1.93. The largest absolute Gasteiger partial charge is 0.481 e. The van der Waals surface area contributed by atoms with Crippen LogP contribution in [0.1, 0.15) is 15.5 Å². The average molecular weight is 104 g/mol. The van der Waals surface area contributed by atoms with Crippen molar-refractivity contribution in [3.63, 3.8) is 0 Å². The summed E-state index contributed by atoms with van der Waals surface area (Å²) in [5, 5.41) is 8.02. The van der Waals surface area contributed by atoms with Gasteiger partial charge in [-0.3, -0.25) is 4.79 Å². The Morgan fingerprint density at radius 1 is 2.00 bits per heavy atom. The maximum absolute atomic E-state index is 9.83. The zero-order valence-corrected chi connectivity index (χ0v) is 3.50. The molecule has 2 unspecified atom stereocenters. The number of aldehydes is 1. The molecule has 0 aromatic carbocycles. The molecule has 2 atom stereocenters. The molecule has 0 amide bonds. The van der Waals surface area contributed by atoms with E-state index in [0.717, 1.165) is 0 Å². The second kappa shape index (κ2) is 3.33. The Labute approximate surface area is 43.8 Å². The molecular formula is C4H6O3. The van der Waals surface area contributed by atoms with E-state index >= 15 is 0 Å². The molecular weight excluding hydrogens is 96.0 g/mol. The standard InChI is InChI=1S/C4H6O3/c5-3-1-2-4(6)7/h3H,1-2H2,(H,6,7)/i1D,2D. The molecule has 0 saturated carbocycles. The Hall–Kier alpha value is -0.860. The van der Waals surface area contributed by atoms with Crippen molar-refractivity contribution in [2.45, 2.75) is 12.8 Å². The highest BCUT2D eigenvalue weighted by atomic mass is 16.4. The van der Waals surface area contributed by atoms with Crippen molar-refractivity contribution < 1.29 is 17.4 Å². The zero-order chi connectivity index (χ0) is 7.44. The number of rotatable bonds is 3. The molecule has 40 valence electrons. The van der Waals surface area contributed by atoms with Crippen molar-refractivity contribution in [2.75, 3.05) is 0 Å². The highest BCUT2D eigenvalue weighted by molar-refractivity contribution is 5.70. The first kappa shape index (κ1) is 3.18. The van der Waals surface area contributed by atoms with E-state index in [-0.39, 0.29) is 6.29 Å². The summed E-state index contributed by atoms with van der Waals surface area (Å²) in [5.74, 6) is -1.44. The summed E-state index contributed by atoms with van der Waals surface area (Å²) in [6.07, 6.45) is -2.99. The number of aliphatic carboxylic acids is 1. The molecule has 0 aliphatic rings. The Bertz CT molecular complexity index is 125. The lowest BCUT2D eigenvalue weighted by molar-refractivity contribution is -0.137. The summed E-state index contributed by atoms with van der Waals surface area (Å²) in [6.45, 7) is 0.